The Morgan fingerprint density at radius 2 is 1.72 bits per heavy atom. The van der Waals surface area contributed by atoms with Gasteiger partial charge in [0.1, 0.15) is 18.1 Å². The Hall–Kier alpha value is -1.74. The van der Waals surface area contributed by atoms with Crippen LogP contribution in [0.3, 0.4) is 0 Å². The highest BCUT2D eigenvalue weighted by atomic mass is 28.3. The van der Waals surface area contributed by atoms with Gasteiger partial charge in [0.25, 0.3) is 0 Å². The Morgan fingerprint density at radius 1 is 1.10 bits per heavy atom. The third-order valence-corrected chi connectivity index (χ3v) is 10.1. The molecule has 1 aromatic carbocycles. The van der Waals surface area contributed by atoms with Crippen molar-refractivity contribution < 1.29 is 9.47 Å². The fourth-order valence-corrected chi connectivity index (χ4v) is 8.80. The lowest BCUT2D eigenvalue weighted by Crippen LogP contribution is -2.36. The predicted octanol–water partition coefficient (Wildman–Crippen LogP) is 7.19. The van der Waals surface area contributed by atoms with Crippen LogP contribution in [0.5, 0.6) is 11.5 Å². The normalized spacial score (nSPS) is 17.8. The highest BCUT2D eigenvalue weighted by Crippen LogP contribution is 2.44. The monoisotopic (exact) mass is 412 g/mol. The molecule has 0 aromatic heterocycles. The third kappa shape index (κ3) is 4.71. The highest BCUT2D eigenvalue weighted by Gasteiger charge is 2.37. The van der Waals surface area contributed by atoms with E-state index in [1.807, 2.05) is 6.08 Å². The van der Waals surface area contributed by atoms with Gasteiger partial charge in [0.05, 0.1) is 15.2 Å². The molecule has 0 spiro atoms. The first-order chi connectivity index (χ1) is 13.3. The van der Waals surface area contributed by atoms with E-state index in [-0.39, 0.29) is 5.41 Å². The molecule has 1 atom stereocenters. The van der Waals surface area contributed by atoms with Crippen molar-refractivity contribution in [2.45, 2.75) is 73.0 Å². The molecule has 160 valence electrons. The zero-order valence-corrected chi connectivity index (χ0v) is 21.2. The van der Waals surface area contributed by atoms with E-state index >= 15 is 0 Å². The van der Waals surface area contributed by atoms with Crippen molar-refractivity contribution in [2.75, 3.05) is 13.7 Å². The van der Waals surface area contributed by atoms with Crippen molar-refractivity contribution in [3.63, 3.8) is 0 Å². The van der Waals surface area contributed by atoms with Gasteiger partial charge in [-0.2, -0.15) is 0 Å². The van der Waals surface area contributed by atoms with Crippen LogP contribution in [0.2, 0.25) is 13.1 Å². The van der Waals surface area contributed by atoms with E-state index in [1.54, 1.807) is 12.3 Å². The maximum absolute atomic E-state index is 6.27. The molecule has 0 fully saturated rings. The van der Waals surface area contributed by atoms with Crippen molar-refractivity contribution in [1.82, 2.24) is 0 Å². The maximum atomic E-state index is 6.27. The lowest BCUT2D eigenvalue weighted by molar-refractivity contribution is 0.345. The standard InChI is InChI=1S/C26H40O2Si/c1-12-13-28-24-21(14-22(27-9)15-23(24)26(6,7)8)16-29(10,11)25-19(4)17(2)18(3)20(25)5/h12,14-15,19H,1,13,16H2,2-11H3. The van der Waals surface area contributed by atoms with Gasteiger partial charge in [-0.25, -0.2) is 0 Å². The number of hydrogen-bond donors (Lipinski definition) is 0. The van der Waals surface area contributed by atoms with Crippen LogP contribution in [-0.4, -0.2) is 21.8 Å². The summed E-state index contributed by atoms with van der Waals surface area (Å²) in [4.78, 5) is 0. The van der Waals surface area contributed by atoms with E-state index in [9.17, 15) is 0 Å². The van der Waals surface area contributed by atoms with E-state index in [4.69, 9.17) is 9.47 Å². The minimum absolute atomic E-state index is 0.0317. The van der Waals surface area contributed by atoms with Crippen LogP contribution in [0.1, 0.15) is 59.6 Å². The smallest absolute Gasteiger partial charge is 0.126 e. The molecule has 0 heterocycles. The van der Waals surface area contributed by atoms with Gasteiger partial charge in [-0.15, -0.1) is 0 Å². The number of rotatable bonds is 7. The van der Waals surface area contributed by atoms with Crippen molar-refractivity contribution in [3.8, 4) is 11.5 Å². The third-order valence-electron chi connectivity index (χ3n) is 6.53. The molecule has 1 unspecified atom stereocenters. The molecule has 2 nitrogen and oxygen atoms in total. The zero-order chi connectivity index (χ0) is 22.1. The average Bonchev–Trinajstić information content (AvgIpc) is 2.82. The first-order valence-electron chi connectivity index (χ1n) is 10.7. The number of hydrogen-bond acceptors (Lipinski definition) is 2. The number of allylic oxidation sites excluding steroid dienone is 4. The van der Waals surface area contributed by atoms with E-state index in [2.05, 4.69) is 80.3 Å². The SMILES string of the molecule is C=CCOc1c(C[Si](C)(C)C2=C(C)C(C)=C(C)C2C)cc(OC)cc1C(C)(C)C. The fourth-order valence-electron chi connectivity index (χ4n) is 4.81. The van der Waals surface area contributed by atoms with Crippen molar-refractivity contribution >= 4 is 8.07 Å². The average molecular weight is 413 g/mol. The summed E-state index contributed by atoms with van der Waals surface area (Å²) < 4.78 is 12.0. The van der Waals surface area contributed by atoms with Crippen LogP contribution in [0.4, 0.5) is 0 Å². The summed E-state index contributed by atoms with van der Waals surface area (Å²) >= 11 is 0. The summed E-state index contributed by atoms with van der Waals surface area (Å²) in [5, 5.41) is 1.68. The molecule has 1 aliphatic carbocycles. The van der Waals surface area contributed by atoms with E-state index < -0.39 is 8.07 Å². The molecule has 0 aliphatic heterocycles. The molecule has 0 amide bonds. The second kappa shape index (κ2) is 8.55. The summed E-state index contributed by atoms with van der Waals surface area (Å²) in [6, 6.07) is 5.36. The minimum atomic E-state index is -1.73. The molecule has 0 bridgehead atoms. The highest BCUT2D eigenvalue weighted by molar-refractivity contribution is 6.84. The van der Waals surface area contributed by atoms with E-state index in [1.165, 1.54) is 27.8 Å². The summed E-state index contributed by atoms with van der Waals surface area (Å²) in [5.41, 5.74) is 6.96. The number of benzene rings is 1. The molecule has 0 saturated carbocycles. The summed E-state index contributed by atoms with van der Waals surface area (Å²) in [7, 11) is 0.0182. The fraction of sp³-hybridized carbons (Fsp3) is 0.538. The van der Waals surface area contributed by atoms with Crippen LogP contribution in [0.15, 0.2) is 46.7 Å². The Balaban J connectivity index is 2.60. The van der Waals surface area contributed by atoms with Crippen molar-refractivity contribution in [3.05, 3.63) is 57.8 Å². The minimum Gasteiger partial charge on any atom is -0.497 e. The quantitative estimate of drug-likeness (QED) is 0.348. The summed E-state index contributed by atoms with van der Waals surface area (Å²) in [5.74, 6) is 2.47. The Morgan fingerprint density at radius 3 is 2.17 bits per heavy atom. The molecule has 29 heavy (non-hydrogen) atoms. The lowest BCUT2D eigenvalue weighted by Gasteiger charge is -2.32. The maximum Gasteiger partial charge on any atom is 0.126 e. The molecule has 1 aliphatic rings. The van der Waals surface area contributed by atoms with Gasteiger partial charge in [0.15, 0.2) is 0 Å². The topological polar surface area (TPSA) is 18.5 Å². The van der Waals surface area contributed by atoms with E-state index in [0.29, 0.717) is 12.5 Å². The van der Waals surface area contributed by atoms with Gasteiger partial charge in [0, 0.05) is 5.56 Å². The van der Waals surface area contributed by atoms with E-state index in [0.717, 1.165) is 17.5 Å². The summed E-state index contributed by atoms with van der Waals surface area (Å²) in [6.45, 7) is 25.3. The second-order valence-electron chi connectivity index (χ2n) is 10.1. The molecule has 3 heteroatoms. The number of methoxy groups -OCH3 is 1. The second-order valence-corrected chi connectivity index (χ2v) is 14.8. The van der Waals surface area contributed by atoms with Gasteiger partial charge in [-0.3, -0.25) is 0 Å². The zero-order valence-electron chi connectivity index (χ0n) is 20.2. The van der Waals surface area contributed by atoms with Gasteiger partial charge in [-0.05, 0) is 61.4 Å². The molecule has 0 radical (unpaired) electrons. The molecule has 0 saturated heterocycles. The molecular formula is C26H40O2Si. The van der Waals surface area contributed by atoms with Crippen molar-refractivity contribution in [1.29, 1.82) is 0 Å². The van der Waals surface area contributed by atoms with Crippen LogP contribution < -0.4 is 9.47 Å². The van der Waals surface area contributed by atoms with Crippen LogP contribution in [-0.2, 0) is 11.5 Å². The molecular weight excluding hydrogens is 372 g/mol. The van der Waals surface area contributed by atoms with Crippen LogP contribution >= 0.6 is 0 Å². The van der Waals surface area contributed by atoms with Gasteiger partial charge >= 0.3 is 0 Å². The first-order valence-corrected chi connectivity index (χ1v) is 13.9. The summed E-state index contributed by atoms with van der Waals surface area (Å²) in [6.07, 6.45) is 1.82. The van der Waals surface area contributed by atoms with Gasteiger partial charge in [-0.1, -0.05) is 69.8 Å². The first kappa shape index (κ1) is 23.5. The largest absolute Gasteiger partial charge is 0.497 e. The van der Waals surface area contributed by atoms with Gasteiger partial charge < -0.3 is 9.47 Å². The van der Waals surface area contributed by atoms with Crippen molar-refractivity contribution in [2.24, 2.45) is 5.92 Å². The molecule has 1 aromatic rings. The Bertz CT molecular complexity index is 850. The van der Waals surface area contributed by atoms with Crippen LogP contribution in [0.25, 0.3) is 0 Å². The lowest BCUT2D eigenvalue weighted by atomic mass is 9.85. The predicted molar refractivity (Wildman–Crippen MR) is 129 cm³/mol. The van der Waals surface area contributed by atoms with Gasteiger partial charge in [0.2, 0.25) is 0 Å². The number of ether oxygens (including phenoxy) is 2. The van der Waals surface area contributed by atoms with Crippen LogP contribution in [0, 0.1) is 5.92 Å². The Kier molecular flexibility index (Phi) is 6.94. The molecule has 0 N–H and O–H groups in total. The molecule has 2 rings (SSSR count). The Labute approximate surface area is 179 Å².